The largest absolute Gasteiger partial charge is 0.349 e. The molecule has 0 aliphatic carbocycles. The van der Waals surface area contributed by atoms with Crippen LogP contribution in [0, 0.1) is 5.82 Å². The van der Waals surface area contributed by atoms with E-state index in [2.05, 4.69) is 10.4 Å². The van der Waals surface area contributed by atoms with E-state index >= 15 is 0 Å². The van der Waals surface area contributed by atoms with Gasteiger partial charge in [-0.15, -0.1) is 0 Å². The van der Waals surface area contributed by atoms with Gasteiger partial charge in [0.2, 0.25) is 0 Å². The number of aryl methyl sites for hydroxylation is 1. The highest BCUT2D eigenvalue weighted by molar-refractivity contribution is 6.33. The number of hydrogen-bond donors (Lipinski definition) is 1. The minimum atomic E-state index is -0.601. The van der Waals surface area contributed by atoms with Gasteiger partial charge in [0.1, 0.15) is 5.82 Å². The van der Waals surface area contributed by atoms with E-state index in [1.165, 1.54) is 18.2 Å². The molecule has 1 aromatic heterocycles. The van der Waals surface area contributed by atoms with Gasteiger partial charge < -0.3 is 5.32 Å². The average Bonchev–Trinajstić information content (AvgIpc) is 2.85. The SMILES string of the molecule is O=C(N[C@@H]1CCn2nccc2C1)c1c(F)cccc1Cl. The first-order chi connectivity index (χ1) is 9.65. The Labute approximate surface area is 120 Å². The molecule has 0 bridgehead atoms. The lowest BCUT2D eigenvalue weighted by atomic mass is 10.0. The van der Waals surface area contributed by atoms with Crippen LogP contribution in [0.4, 0.5) is 4.39 Å². The fraction of sp³-hybridized carbons (Fsp3) is 0.286. The Morgan fingerprint density at radius 1 is 1.45 bits per heavy atom. The highest BCUT2D eigenvalue weighted by atomic mass is 35.5. The lowest BCUT2D eigenvalue weighted by Crippen LogP contribution is -2.40. The summed E-state index contributed by atoms with van der Waals surface area (Å²) in [4.78, 5) is 12.1. The standard InChI is InChI=1S/C14H13ClFN3O/c15-11-2-1-3-12(16)13(11)14(20)18-9-5-7-19-10(8-9)4-6-17-19/h1-4,6,9H,5,7-8H2,(H,18,20)/t9-/m1/s1. The molecule has 0 fully saturated rings. The molecule has 0 radical (unpaired) electrons. The molecule has 1 aliphatic heterocycles. The number of halogens is 2. The van der Waals surface area contributed by atoms with Crippen LogP contribution >= 0.6 is 11.6 Å². The van der Waals surface area contributed by atoms with Crippen LogP contribution in [-0.4, -0.2) is 21.7 Å². The van der Waals surface area contributed by atoms with E-state index in [0.717, 1.165) is 18.7 Å². The van der Waals surface area contributed by atoms with Gasteiger partial charge in [-0.25, -0.2) is 4.39 Å². The fourth-order valence-corrected chi connectivity index (χ4v) is 2.71. The van der Waals surface area contributed by atoms with Gasteiger partial charge in [-0.3, -0.25) is 9.48 Å². The monoisotopic (exact) mass is 293 g/mol. The minimum Gasteiger partial charge on any atom is -0.349 e. The van der Waals surface area contributed by atoms with Gasteiger partial charge in [0.05, 0.1) is 10.6 Å². The molecule has 0 saturated heterocycles. The second-order valence-corrected chi connectivity index (χ2v) is 5.21. The number of rotatable bonds is 2. The number of hydrogen-bond acceptors (Lipinski definition) is 2. The third-order valence-corrected chi connectivity index (χ3v) is 3.79. The number of aromatic nitrogens is 2. The van der Waals surface area contributed by atoms with Gasteiger partial charge in [0.25, 0.3) is 5.91 Å². The molecule has 1 amide bonds. The first-order valence-electron chi connectivity index (χ1n) is 6.40. The highest BCUT2D eigenvalue weighted by Crippen LogP contribution is 2.20. The van der Waals surface area contributed by atoms with Crippen molar-refractivity contribution in [2.45, 2.75) is 25.4 Å². The van der Waals surface area contributed by atoms with E-state index in [1.54, 1.807) is 6.20 Å². The molecule has 1 atom stereocenters. The van der Waals surface area contributed by atoms with Gasteiger partial charge in [0, 0.05) is 30.9 Å². The summed E-state index contributed by atoms with van der Waals surface area (Å²) in [5.41, 5.74) is 0.981. The van der Waals surface area contributed by atoms with Crippen molar-refractivity contribution < 1.29 is 9.18 Å². The van der Waals surface area contributed by atoms with Crippen LogP contribution in [0.1, 0.15) is 22.5 Å². The number of fused-ring (bicyclic) bond motifs is 1. The molecule has 104 valence electrons. The Bertz CT molecular complexity index is 635. The van der Waals surface area contributed by atoms with Crippen LogP contribution in [0.5, 0.6) is 0 Å². The number of carbonyl (C=O) groups excluding carboxylic acids is 1. The molecule has 1 N–H and O–H groups in total. The molecule has 1 aromatic carbocycles. The van der Waals surface area contributed by atoms with E-state index in [0.29, 0.717) is 6.42 Å². The van der Waals surface area contributed by atoms with E-state index in [-0.39, 0.29) is 16.6 Å². The molecule has 20 heavy (non-hydrogen) atoms. The molecule has 2 heterocycles. The summed E-state index contributed by atoms with van der Waals surface area (Å²) < 4.78 is 15.6. The maximum atomic E-state index is 13.7. The molecule has 3 rings (SSSR count). The van der Waals surface area contributed by atoms with Crippen LogP contribution in [0.2, 0.25) is 5.02 Å². The van der Waals surface area contributed by atoms with Gasteiger partial charge >= 0.3 is 0 Å². The summed E-state index contributed by atoms with van der Waals surface area (Å²) >= 11 is 5.89. The smallest absolute Gasteiger partial charge is 0.256 e. The number of nitrogens with zero attached hydrogens (tertiary/aromatic N) is 2. The van der Waals surface area contributed by atoms with Gasteiger partial charge in [-0.05, 0) is 24.6 Å². The summed E-state index contributed by atoms with van der Waals surface area (Å²) in [5.74, 6) is -1.07. The van der Waals surface area contributed by atoms with Crippen molar-refractivity contribution in [3.05, 3.63) is 52.6 Å². The Morgan fingerprint density at radius 3 is 3.10 bits per heavy atom. The zero-order chi connectivity index (χ0) is 14.1. The fourth-order valence-electron chi connectivity index (χ4n) is 2.46. The van der Waals surface area contributed by atoms with Crippen LogP contribution in [0.25, 0.3) is 0 Å². The van der Waals surface area contributed by atoms with E-state index in [4.69, 9.17) is 11.6 Å². The first-order valence-corrected chi connectivity index (χ1v) is 6.78. The molecule has 6 heteroatoms. The summed E-state index contributed by atoms with van der Waals surface area (Å²) in [6, 6.07) is 6.12. The van der Waals surface area contributed by atoms with Crippen molar-refractivity contribution in [1.82, 2.24) is 15.1 Å². The Balaban J connectivity index is 1.74. The molecule has 1 aliphatic rings. The molecule has 2 aromatic rings. The van der Waals surface area contributed by atoms with Crippen molar-refractivity contribution in [3.63, 3.8) is 0 Å². The molecule has 4 nitrogen and oxygen atoms in total. The van der Waals surface area contributed by atoms with Gasteiger partial charge in [-0.2, -0.15) is 5.10 Å². The third-order valence-electron chi connectivity index (χ3n) is 3.47. The normalized spacial score (nSPS) is 17.6. The van der Waals surface area contributed by atoms with E-state index < -0.39 is 11.7 Å². The molecular formula is C14H13ClFN3O. The van der Waals surface area contributed by atoms with Crippen molar-refractivity contribution in [2.24, 2.45) is 0 Å². The lowest BCUT2D eigenvalue weighted by molar-refractivity contribution is 0.0926. The van der Waals surface area contributed by atoms with Crippen molar-refractivity contribution in [3.8, 4) is 0 Å². The Kier molecular flexibility index (Phi) is 3.44. The van der Waals surface area contributed by atoms with Crippen LogP contribution < -0.4 is 5.32 Å². The summed E-state index contributed by atoms with van der Waals surface area (Å²) in [7, 11) is 0. The van der Waals surface area contributed by atoms with E-state index in [9.17, 15) is 9.18 Å². The van der Waals surface area contributed by atoms with Crippen LogP contribution in [-0.2, 0) is 13.0 Å². The molecule has 0 unspecified atom stereocenters. The number of benzene rings is 1. The van der Waals surface area contributed by atoms with Gasteiger partial charge in [0.15, 0.2) is 0 Å². The zero-order valence-corrected chi connectivity index (χ0v) is 11.4. The summed E-state index contributed by atoms with van der Waals surface area (Å²) in [6.45, 7) is 0.748. The quantitative estimate of drug-likeness (QED) is 0.924. The van der Waals surface area contributed by atoms with Crippen LogP contribution in [0.15, 0.2) is 30.5 Å². The zero-order valence-electron chi connectivity index (χ0n) is 10.6. The average molecular weight is 294 g/mol. The molecule has 0 spiro atoms. The predicted octanol–water partition coefficient (Wildman–Crippen LogP) is 2.42. The maximum Gasteiger partial charge on any atom is 0.256 e. The second kappa shape index (κ2) is 5.25. The van der Waals surface area contributed by atoms with Crippen LogP contribution in [0.3, 0.4) is 0 Å². The van der Waals surface area contributed by atoms with Crippen molar-refractivity contribution in [2.75, 3.05) is 0 Å². The van der Waals surface area contributed by atoms with Crippen molar-refractivity contribution in [1.29, 1.82) is 0 Å². The van der Waals surface area contributed by atoms with E-state index in [1.807, 2.05) is 10.7 Å². The topological polar surface area (TPSA) is 46.9 Å². The number of carbonyl (C=O) groups is 1. The third kappa shape index (κ3) is 2.41. The minimum absolute atomic E-state index is 0.0256. The Morgan fingerprint density at radius 2 is 2.30 bits per heavy atom. The van der Waals surface area contributed by atoms with Crippen molar-refractivity contribution >= 4 is 17.5 Å². The predicted molar refractivity (Wildman–Crippen MR) is 73.2 cm³/mol. The highest BCUT2D eigenvalue weighted by Gasteiger charge is 2.23. The lowest BCUT2D eigenvalue weighted by Gasteiger charge is -2.24. The Hall–Kier alpha value is -1.88. The number of amides is 1. The van der Waals surface area contributed by atoms with Gasteiger partial charge in [-0.1, -0.05) is 17.7 Å². The first kappa shape index (κ1) is 13.1. The molecule has 0 saturated carbocycles. The second-order valence-electron chi connectivity index (χ2n) is 4.81. The number of nitrogens with one attached hydrogen (secondary N) is 1. The molecular weight excluding hydrogens is 281 g/mol. The maximum absolute atomic E-state index is 13.7. The summed E-state index contributed by atoms with van der Waals surface area (Å²) in [6.07, 6.45) is 3.21. The summed E-state index contributed by atoms with van der Waals surface area (Å²) in [5, 5.41) is 7.15.